The molecule has 1 aliphatic carbocycles. The fourth-order valence-corrected chi connectivity index (χ4v) is 7.27. The number of nitrogens with one attached hydrogen (secondary N) is 1. The number of ether oxygens (including phenoxy) is 2. The van der Waals surface area contributed by atoms with E-state index < -0.39 is 49.6 Å². The molecule has 1 saturated heterocycles. The Labute approximate surface area is 227 Å². The molecular weight excluding hydrogens is 536 g/mol. The summed E-state index contributed by atoms with van der Waals surface area (Å²) in [5, 5.41) is 3.35. The summed E-state index contributed by atoms with van der Waals surface area (Å²) in [5.41, 5.74) is 0.185. The van der Waals surface area contributed by atoms with Gasteiger partial charge >= 0.3 is 0 Å². The maximum Gasteiger partial charge on any atom is 0.241 e. The van der Waals surface area contributed by atoms with Crippen molar-refractivity contribution in [2.24, 2.45) is 5.92 Å². The summed E-state index contributed by atoms with van der Waals surface area (Å²) in [6.07, 6.45) is 2.01. The predicted molar refractivity (Wildman–Crippen MR) is 140 cm³/mol. The topological polar surface area (TPSA) is 81.7 Å². The van der Waals surface area contributed by atoms with E-state index in [4.69, 9.17) is 21.1 Å². The Morgan fingerprint density at radius 1 is 1.13 bits per heavy atom. The summed E-state index contributed by atoms with van der Waals surface area (Å²) in [6.45, 7) is 3.14. The fraction of sp³-hybridized carbons (Fsp3) is 0.536. The van der Waals surface area contributed by atoms with Crippen molar-refractivity contribution in [1.29, 1.82) is 0 Å². The van der Waals surface area contributed by atoms with Gasteiger partial charge in [0.15, 0.2) is 21.4 Å². The van der Waals surface area contributed by atoms with Crippen LogP contribution in [0.1, 0.15) is 50.7 Å². The highest BCUT2D eigenvalue weighted by molar-refractivity contribution is 7.93. The Morgan fingerprint density at radius 2 is 1.82 bits per heavy atom. The van der Waals surface area contributed by atoms with Gasteiger partial charge in [0, 0.05) is 34.6 Å². The molecule has 2 heterocycles. The molecule has 5 rings (SSSR count). The number of hydrogen-bond donors (Lipinski definition) is 1. The summed E-state index contributed by atoms with van der Waals surface area (Å²) in [7, 11) is -3.85. The van der Waals surface area contributed by atoms with Crippen LogP contribution >= 0.6 is 11.6 Å². The van der Waals surface area contributed by atoms with Crippen molar-refractivity contribution in [3.8, 4) is 5.75 Å². The molecule has 1 amide bonds. The molecule has 0 aromatic heterocycles. The first-order valence-electron chi connectivity index (χ1n) is 13.0. The zero-order valence-corrected chi connectivity index (χ0v) is 23.0. The normalized spacial score (nSPS) is 25.2. The monoisotopic (exact) mass is 567 g/mol. The number of benzene rings is 2. The van der Waals surface area contributed by atoms with E-state index in [2.05, 4.69) is 5.32 Å². The Morgan fingerprint density at radius 3 is 2.50 bits per heavy atom. The summed E-state index contributed by atoms with van der Waals surface area (Å²) >= 11 is 6.08. The maximum atomic E-state index is 15.4. The molecule has 0 radical (unpaired) electrons. The third kappa shape index (κ3) is 4.93. The summed E-state index contributed by atoms with van der Waals surface area (Å²) in [5.74, 6) is -2.52. The van der Waals surface area contributed by atoms with Crippen LogP contribution in [-0.4, -0.2) is 50.2 Å². The summed E-state index contributed by atoms with van der Waals surface area (Å²) in [6, 6.07) is 9.43. The third-order valence-electron chi connectivity index (χ3n) is 8.34. The molecule has 3 atom stereocenters. The first-order chi connectivity index (χ1) is 17.9. The van der Waals surface area contributed by atoms with Crippen molar-refractivity contribution in [1.82, 2.24) is 5.32 Å². The van der Waals surface area contributed by atoms with Crippen molar-refractivity contribution in [3.05, 3.63) is 64.2 Å². The minimum atomic E-state index is -3.85. The number of halogens is 3. The van der Waals surface area contributed by atoms with E-state index in [0.717, 1.165) is 30.5 Å². The van der Waals surface area contributed by atoms with Crippen LogP contribution in [0.25, 0.3) is 0 Å². The zero-order valence-electron chi connectivity index (χ0n) is 21.4. The molecule has 2 aliphatic heterocycles. The van der Waals surface area contributed by atoms with Crippen LogP contribution in [-0.2, 0) is 31.2 Å². The van der Waals surface area contributed by atoms with Gasteiger partial charge in [-0.3, -0.25) is 4.79 Å². The van der Waals surface area contributed by atoms with E-state index in [1.165, 1.54) is 13.8 Å². The number of amides is 1. The van der Waals surface area contributed by atoms with Gasteiger partial charge in [0.1, 0.15) is 10.6 Å². The fourth-order valence-electron chi connectivity index (χ4n) is 5.75. The highest BCUT2D eigenvalue weighted by atomic mass is 35.5. The van der Waals surface area contributed by atoms with Crippen molar-refractivity contribution in [3.63, 3.8) is 0 Å². The SMILES string of the molecule is CC(C)(C(=O)NC1CC1)S(=O)(=O)CC[C@@H]1OCC[C@@]2(Cc3ccc(Cl)cc3)c3c(F)ccc(F)c3OC[C@@H]12. The van der Waals surface area contributed by atoms with Gasteiger partial charge in [-0.2, -0.15) is 0 Å². The Balaban J connectivity index is 1.45. The molecule has 3 aliphatic rings. The van der Waals surface area contributed by atoms with Crippen LogP contribution in [0.3, 0.4) is 0 Å². The number of rotatable bonds is 8. The van der Waals surface area contributed by atoms with Gasteiger partial charge in [-0.05, 0) is 75.8 Å². The first-order valence-corrected chi connectivity index (χ1v) is 15.0. The quantitative estimate of drug-likeness (QED) is 0.497. The van der Waals surface area contributed by atoms with E-state index in [1.807, 2.05) is 12.1 Å². The van der Waals surface area contributed by atoms with Crippen molar-refractivity contribution in [2.75, 3.05) is 19.0 Å². The highest BCUT2D eigenvalue weighted by Crippen LogP contribution is 2.53. The van der Waals surface area contributed by atoms with E-state index in [0.29, 0.717) is 17.9 Å². The molecule has 2 aromatic carbocycles. The number of hydrogen-bond acceptors (Lipinski definition) is 5. The van der Waals surface area contributed by atoms with Crippen LogP contribution < -0.4 is 10.1 Å². The second-order valence-corrected chi connectivity index (χ2v) is 14.2. The van der Waals surface area contributed by atoms with Gasteiger partial charge in [0.2, 0.25) is 5.91 Å². The molecule has 2 aromatic rings. The molecule has 2 fully saturated rings. The van der Waals surface area contributed by atoms with Crippen LogP contribution in [0.4, 0.5) is 8.78 Å². The Bertz CT molecular complexity index is 1330. The molecule has 0 bridgehead atoms. The third-order valence-corrected chi connectivity index (χ3v) is 11.1. The second kappa shape index (κ2) is 10.1. The van der Waals surface area contributed by atoms with Crippen molar-refractivity contribution >= 4 is 27.3 Å². The van der Waals surface area contributed by atoms with E-state index in [9.17, 15) is 17.6 Å². The van der Waals surface area contributed by atoms with Crippen molar-refractivity contribution < 1.29 is 31.5 Å². The molecule has 1 saturated carbocycles. The number of sulfone groups is 1. The first kappa shape index (κ1) is 27.3. The molecule has 206 valence electrons. The number of carbonyl (C=O) groups excluding carboxylic acids is 1. The van der Waals surface area contributed by atoms with Crippen LogP contribution in [0.15, 0.2) is 36.4 Å². The maximum absolute atomic E-state index is 15.4. The minimum absolute atomic E-state index is 0.0434. The summed E-state index contributed by atoms with van der Waals surface area (Å²) < 4.78 is 67.2. The molecule has 1 N–H and O–H groups in total. The van der Waals surface area contributed by atoms with Gasteiger partial charge in [0.25, 0.3) is 0 Å². The van der Waals surface area contributed by atoms with Crippen LogP contribution in [0, 0.1) is 17.6 Å². The van der Waals surface area contributed by atoms with Gasteiger partial charge < -0.3 is 14.8 Å². The van der Waals surface area contributed by atoms with E-state index >= 15 is 4.39 Å². The molecule has 6 nitrogen and oxygen atoms in total. The Hall–Kier alpha value is -2.23. The smallest absolute Gasteiger partial charge is 0.241 e. The standard InChI is InChI=1S/C28H32ClF2NO5S/c1-27(2,26(33)32-19-7-8-19)38(34,35)14-11-23-20-16-37-25-22(31)10-9-21(30)24(25)28(20,12-13-36-23)15-17-3-5-18(29)6-4-17/h3-6,9-10,19-20,23H,7-8,11-16H2,1-2H3,(H,32,33)/t20-,23-,28-/m0/s1. The predicted octanol–water partition coefficient (Wildman–Crippen LogP) is 4.76. The van der Waals surface area contributed by atoms with Crippen LogP contribution in [0.5, 0.6) is 5.75 Å². The lowest BCUT2D eigenvalue weighted by Gasteiger charge is -2.51. The lowest BCUT2D eigenvalue weighted by atomic mass is 9.60. The van der Waals surface area contributed by atoms with E-state index in [-0.39, 0.29) is 42.7 Å². The van der Waals surface area contributed by atoms with Gasteiger partial charge in [0.05, 0.1) is 18.5 Å². The zero-order chi connectivity index (χ0) is 27.3. The largest absolute Gasteiger partial charge is 0.490 e. The lowest BCUT2D eigenvalue weighted by molar-refractivity contribution is -0.123. The second-order valence-electron chi connectivity index (χ2n) is 11.1. The highest BCUT2D eigenvalue weighted by Gasteiger charge is 2.54. The molecular formula is C28H32ClF2NO5S. The van der Waals surface area contributed by atoms with Gasteiger partial charge in [-0.15, -0.1) is 0 Å². The van der Waals surface area contributed by atoms with Crippen LogP contribution in [0.2, 0.25) is 5.02 Å². The van der Waals surface area contributed by atoms with Gasteiger partial charge in [-0.1, -0.05) is 23.7 Å². The molecule has 0 spiro atoms. The van der Waals surface area contributed by atoms with E-state index in [1.54, 1.807) is 12.1 Å². The average molecular weight is 568 g/mol. The average Bonchev–Trinajstić information content (AvgIpc) is 3.69. The minimum Gasteiger partial charge on any atom is -0.490 e. The number of carbonyl (C=O) groups is 1. The molecule has 0 unspecified atom stereocenters. The Kier molecular flexibility index (Phi) is 7.24. The lowest BCUT2D eigenvalue weighted by Crippen LogP contribution is -2.55. The number of fused-ring (bicyclic) bond motifs is 3. The van der Waals surface area contributed by atoms with Gasteiger partial charge in [-0.25, -0.2) is 17.2 Å². The summed E-state index contributed by atoms with van der Waals surface area (Å²) in [4.78, 5) is 12.7. The molecule has 38 heavy (non-hydrogen) atoms. The molecule has 10 heteroatoms. The van der Waals surface area contributed by atoms with Crippen molar-refractivity contribution in [2.45, 2.75) is 68.3 Å².